The van der Waals surface area contributed by atoms with Crippen molar-refractivity contribution in [3.8, 4) is 6.07 Å². The van der Waals surface area contributed by atoms with E-state index in [0.29, 0.717) is 6.54 Å². The van der Waals surface area contributed by atoms with E-state index in [4.69, 9.17) is 5.26 Å². The molecule has 1 rings (SSSR count). The third kappa shape index (κ3) is 3.56. The highest BCUT2D eigenvalue weighted by molar-refractivity contribution is 7.10. The molecule has 0 bridgehead atoms. The molecule has 4 heteroatoms. The Labute approximate surface area is 93.0 Å². The van der Waals surface area contributed by atoms with Crippen LogP contribution in [0.4, 0.5) is 0 Å². The zero-order valence-corrected chi connectivity index (χ0v) is 9.09. The van der Waals surface area contributed by atoms with Gasteiger partial charge < -0.3 is 5.32 Å². The molecule has 0 spiro atoms. The molecule has 0 fully saturated rings. The maximum Gasteiger partial charge on any atom is 0.221 e. The van der Waals surface area contributed by atoms with Gasteiger partial charge in [-0.05, 0) is 11.4 Å². The van der Waals surface area contributed by atoms with E-state index in [1.54, 1.807) is 6.08 Å². The van der Waals surface area contributed by atoms with Gasteiger partial charge in [-0.25, -0.2) is 0 Å². The molecule has 1 aromatic heterocycles. The van der Waals surface area contributed by atoms with E-state index in [-0.39, 0.29) is 18.2 Å². The minimum absolute atomic E-state index is 0.116. The summed E-state index contributed by atoms with van der Waals surface area (Å²) in [4.78, 5) is 12.3. The van der Waals surface area contributed by atoms with E-state index in [2.05, 4.69) is 18.0 Å². The molecule has 1 amide bonds. The Morgan fingerprint density at radius 3 is 3.13 bits per heavy atom. The average molecular weight is 220 g/mol. The molecular formula is C11H12N2OS. The minimum atomic E-state index is -0.338. The van der Waals surface area contributed by atoms with Gasteiger partial charge in [0.2, 0.25) is 5.91 Å². The number of hydrogen-bond donors (Lipinski definition) is 1. The lowest BCUT2D eigenvalue weighted by molar-refractivity contribution is -0.121. The number of carbonyl (C=O) groups excluding carboxylic acids is 1. The maximum atomic E-state index is 11.4. The molecule has 3 nitrogen and oxygen atoms in total. The third-order valence-corrected chi connectivity index (χ3v) is 2.86. The second kappa shape index (κ2) is 5.99. The molecule has 0 aliphatic carbocycles. The van der Waals surface area contributed by atoms with Crippen molar-refractivity contribution in [1.82, 2.24) is 5.32 Å². The molecule has 1 heterocycles. The molecule has 1 atom stereocenters. The monoisotopic (exact) mass is 220 g/mol. The van der Waals surface area contributed by atoms with Gasteiger partial charge in [0.05, 0.1) is 12.0 Å². The van der Waals surface area contributed by atoms with Gasteiger partial charge in [0.15, 0.2) is 0 Å². The first-order chi connectivity index (χ1) is 7.27. The predicted molar refractivity (Wildman–Crippen MR) is 60.5 cm³/mol. The van der Waals surface area contributed by atoms with Crippen LogP contribution in [0.2, 0.25) is 0 Å². The average Bonchev–Trinajstić information content (AvgIpc) is 2.76. The summed E-state index contributed by atoms with van der Waals surface area (Å²) in [5.74, 6) is -0.454. The van der Waals surface area contributed by atoms with E-state index in [1.165, 1.54) is 11.3 Å². The van der Waals surface area contributed by atoms with Gasteiger partial charge in [0.1, 0.15) is 0 Å². The first kappa shape index (κ1) is 11.5. The van der Waals surface area contributed by atoms with Crippen LogP contribution in [0.5, 0.6) is 0 Å². The lowest BCUT2D eigenvalue weighted by Crippen LogP contribution is -2.24. The number of hydrogen-bond acceptors (Lipinski definition) is 3. The topological polar surface area (TPSA) is 52.9 Å². The molecular weight excluding hydrogens is 208 g/mol. The summed E-state index contributed by atoms with van der Waals surface area (Å²) in [6.07, 6.45) is 1.83. The van der Waals surface area contributed by atoms with Crippen LogP contribution in [0.25, 0.3) is 0 Å². The van der Waals surface area contributed by atoms with Gasteiger partial charge in [0.25, 0.3) is 0 Å². The number of nitrogens with one attached hydrogen (secondary N) is 1. The standard InChI is InChI=1S/C11H12N2OS/c1-2-5-13-11(14)7-9(8-12)10-4-3-6-15-10/h2-4,6,9H,1,5,7H2,(H,13,14). The van der Waals surface area contributed by atoms with Crippen molar-refractivity contribution in [3.05, 3.63) is 35.0 Å². The van der Waals surface area contributed by atoms with Crippen LogP contribution in [0, 0.1) is 11.3 Å². The number of rotatable bonds is 5. The third-order valence-electron chi connectivity index (χ3n) is 1.88. The van der Waals surface area contributed by atoms with Crippen molar-refractivity contribution in [2.24, 2.45) is 0 Å². The second-order valence-electron chi connectivity index (χ2n) is 2.99. The summed E-state index contributed by atoms with van der Waals surface area (Å²) >= 11 is 1.50. The largest absolute Gasteiger partial charge is 0.353 e. The number of carbonyl (C=O) groups is 1. The highest BCUT2D eigenvalue weighted by atomic mass is 32.1. The summed E-state index contributed by atoms with van der Waals surface area (Å²) in [6, 6.07) is 5.89. The van der Waals surface area contributed by atoms with E-state index >= 15 is 0 Å². The summed E-state index contributed by atoms with van der Waals surface area (Å²) in [5, 5.41) is 13.5. The fourth-order valence-electron chi connectivity index (χ4n) is 1.14. The second-order valence-corrected chi connectivity index (χ2v) is 3.97. The van der Waals surface area contributed by atoms with Gasteiger partial charge in [0, 0.05) is 17.8 Å². The molecule has 78 valence electrons. The Hall–Kier alpha value is -1.60. The fraction of sp³-hybridized carbons (Fsp3) is 0.273. The zero-order chi connectivity index (χ0) is 11.1. The van der Waals surface area contributed by atoms with Crippen molar-refractivity contribution < 1.29 is 4.79 Å². The van der Waals surface area contributed by atoms with Gasteiger partial charge in [-0.3, -0.25) is 4.79 Å². The van der Waals surface area contributed by atoms with Crippen LogP contribution in [0.1, 0.15) is 17.2 Å². The SMILES string of the molecule is C=CCNC(=O)CC(C#N)c1cccs1. The molecule has 1 unspecified atom stereocenters. The Bertz CT molecular complexity index is 364. The van der Waals surface area contributed by atoms with Crippen molar-refractivity contribution in [2.45, 2.75) is 12.3 Å². The van der Waals surface area contributed by atoms with Crippen molar-refractivity contribution in [1.29, 1.82) is 5.26 Å². The van der Waals surface area contributed by atoms with Crippen LogP contribution in [0.3, 0.4) is 0 Å². The summed E-state index contributed by atoms with van der Waals surface area (Å²) < 4.78 is 0. The van der Waals surface area contributed by atoms with E-state index in [9.17, 15) is 4.79 Å². The van der Waals surface area contributed by atoms with Gasteiger partial charge >= 0.3 is 0 Å². The Morgan fingerprint density at radius 2 is 2.60 bits per heavy atom. The molecule has 15 heavy (non-hydrogen) atoms. The lowest BCUT2D eigenvalue weighted by Gasteiger charge is -2.06. The molecule has 0 radical (unpaired) electrons. The predicted octanol–water partition coefficient (Wildman–Crippen LogP) is 2.05. The van der Waals surface area contributed by atoms with E-state index < -0.39 is 0 Å². The summed E-state index contributed by atoms with van der Waals surface area (Å²) in [6.45, 7) is 3.95. The molecule has 0 aliphatic rings. The van der Waals surface area contributed by atoms with Crippen LogP contribution in [-0.4, -0.2) is 12.5 Å². The maximum absolute atomic E-state index is 11.4. The molecule has 0 aromatic carbocycles. The number of amides is 1. The Balaban J connectivity index is 2.52. The highest BCUT2D eigenvalue weighted by Crippen LogP contribution is 2.23. The summed E-state index contributed by atoms with van der Waals surface area (Å²) in [5.41, 5.74) is 0. The highest BCUT2D eigenvalue weighted by Gasteiger charge is 2.15. The van der Waals surface area contributed by atoms with Crippen LogP contribution in [-0.2, 0) is 4.79 Å². The van der Waals surface area contributed by atoms with E-state index in [1.807, 2.05) is 17.5 Å². The van der Waals surface area contributed by atoms with Crippen LogP contribution in [0.15, 0.2) is 30.2 Å². The van der Waals surface area contributed by atoms with Gasteiger partial charge in [-0.1, -0.05) is 12.1 Å². The lowest BCUT2D eigenvalue weighted by atomic mass is 10.1. The van der Waals surface area contributed by atoms with E-state index in [0.717, 1.165) is 4.88 Å². The first-order valence-corrected chi connectivity index (χ1v) is 5.46. The fourth-order valence-corrected chi connectivity index (χ4v) is 1.91. The normalized spacial score (nSPS) is 11.4. The molecule has 1 N–H and O–H groups in total. The quantitative estimate of drug-likeness (QED) is 0.772. The molecule has 0 saturated heterocycles. The van der Waals surface area contributed by atoms with Crippen molar-refractivity contribution in [2.75, 3.05) is 6.54 Å². The Morgan fingerprint density at radius 1 is 1.80 bits per heavy atom. The smallest absolute Gasteiger partial charge is 0.221 e. The van der Waals surface area contributed by atoms with Crippen molar-refractivity contribution in [3.63, 3.8) is 0 Å². The minimum Gasteiger partial charge on any atom is -0.353 e. The number of nitriles is 1. The van der Waals surface area contributed by atoms with Gasteiger partial charge in [-0.2, -0.15) is 5.26 Å². The van der Waals surface area contributed by atoms with Crippen molar-refractivity contribution >= 4 is 17.2 Å². The summed E-state index contributed by atoms with van der Waals surface area (Å²) in [7, 11) is 0. The molecule has 1 aromatic rings. The Kier molecular flexibility index (Phi) is 4.58. The number of nitrogens with zero attached hydrogens (tertiary/aromatic N) is 1. The molecule has 0 aliphatic heterocycles. The zero-order valence-electron chi connectivity index (χ0n) is 8.27. The number of thiophene rings is 1. The molecule has 0 saturated carbocycles. The van der Waals surface area contributed by atoms with Crippen LogP contribution >= 0.6 is 11.3 Å². The van der Waals surface area contributed by atoms with Gasteiger partial charge in [-0.15, -0.1) is 17.9 Å². The van der Waals surface area contributed by atoms with Crippen LogP contribution < -0.4 is 5.32 Å². The first-order valence-electron chi connectivity index (χ1n) is 4.58.